The summed E-state index contributed by atoms with van der Waals surface area (Å²) in [6, 6.07) is 1.81. The van der Waals surface area contributed by atoms with Gasteiger partial charge in [0.05, 0.1) is 18.1 Å². The van der Waals surface area contributed by atoms with Crippen molar-refractivity contribution in [2.75, 3.05) is 6.61 Å². The number of aliphatic carboxylic acids is 1. The van der Waals surface area contributed by atoms with Crippen molar-refractivity contribution in [1.82, 2.24) is 5.32 Å². The topological polar surface area (TPSA) is 75.6 Å². The van der Waals surface area contributed by atoms with Gasteiger partial charge in [-0.15, -0.1) is 11.3 Å². The van der Waals surface area contributed by atoms with Crippen molar-refractivity contribution in [3.63, 3.8) is 0 Å². The Labute approximate surface area is 108 Å². The molecule has 0 unspecified atom stereocenters. The van der Waals surface area contributed by atoms with E-state index in [1.54, 1.807) is 0 Å². The average molecular weight is 267 g/mol. The van der Waals surface area contributed by atoms with Gasteiger partial charge in [-0.2, -0.15) is 0 Å². The third-order valence-corrected chi connectivity index (χ3v) is 4.60. The van der Waals surface area contributed by atoms with Gasteiger partial charge in [0.2, 0.25) is 0 Å². The summed E-state index contributed by atoms with van der Waals surface area (Å²) in [5, 5.41) is 11.7. The molecule has 6 heteroatoms. The molecule has 3 rings (SSSR count). The second-order valence-electron chi connectivity index (χ2n) is 4.70. The molecule has 2 aliphatic rings. The molecule has 0 bridgehead atoms. The van der Waals surface area contributed by atoms with Gasteiger partial charge in [0.1, 0.15) is 5.54 Å². The standard InChI is InChI=1S/C12H13NO4S/c14-10(13-12(2-3-12)11(15)16)9-5-7-6-17-4-1-8(7)18-9/h5H,1-4,6H2,(H,13,14)(H,15,16). The largest absolute Gasteiger partial charge is 0.480 e. The summed E-state index contributed by atoms with van der Waals surface area (Å²) in [7, 11) is 0. The molecule has 1 saturated carbocycles. The van der Waals surface area contributed by atoms with Crippen molar-refractivity contribution in [2.24, 2.45) is 0 Å². The minimum atomic E-state index is -1.02. The SMILES string of the molecule is O=C(NC1(C(=O)O)CC1)c1cc2c(s1)CCOC2. The van der Waals surface area contributed by atoms with Crippen LogP contribution in [0.4, 0.5) is 0 Å². The van der Waals surface area contributed by atoms with Crippen molar-refractivity contribution < 1.29 is 19.4 Å². The summed E-state index contributed by atoms with van der Waals surface area (Å²) in [5.41, 5.74) is 0.0366. The van der Waals surface area contributed by atoms with Crippen molar-refractivity contribution in [3.05, 3.63) is 21.4 Å². The second-order valence-corrected chi connectivity index (χ2v) is 5.84. The molecule has 0 saturated heterocycles. The van der Waals surface area contributed by atoms with Crippen LogP contribution in [-0.2, 0) is 22.6 Å². The van der Waals surface area contributed by atoms with Crippen LogP contribution in [0.15, 0.2) is 6.07 Å². The lowest BCUT2D eigenvalue weighted by molar-refractivity contribution is -0.140. The normalized spacial score (nSPS) is 20.0. The van der Waals surface area contributed by atoms with Crippen LogP contribution in [0.3, 0.4) is 0 Å². The molecule has 5 nitrogen and oxygen atoms in total. The van der Waals surface area contributed by atoms with Crippen LogP contribution in [0.2, 0.25) is 0 Å². The molecule has 0 aromatic carbocycles. The highest BCUT2D eigenvalue weighted by Gasteiger charge is 2.51. The number of thiophene rings is 1. The Bertz CT molecular complexity index is 495. The first kappa shape index (κ1) is 11.7. The summed E-state index contributed by atoms with van der Waals surface area (Å²) >= 11 is 1.44. The molecule has 18 heavy (non-hydrogen) atoms. The van der Waals surface area contributed by atoms with E-state index in [1.807, 2.05) is 6.07 Å². The zero-order chi connectivity index (χ0) is 12.8. The van der Waals surface area contributed by atoms with Gasteiger partial charge in [-0.3, -0.25) is 4.79 Å². The van der Waals surface area contributed by atoms with Crippen molar-refractivity contribution in [3.8, 4) is 0 Å². The molecule has 1 amide bonds. The fourth-order valence-corrected chi connectivity index (χ4v) is 3.10. The number of rotatable bonds is 3. The number of carboxylic acid groups (broad SMARTS) is 1. The molecule has 1 aliphatic heterocycles. The van der Waals surface area contributed by atoms with Crippen molar-refractivity contribution in [1.29, 1.82) is 0 Å². The highest BCUT2D eigenvalue weighted by molar-refractivity contribution is 7.14. The number of carbonyl (C=O) groups is 2. The van der Waals surface area contributed by atoms with Crippen LogP contribution in [-0.4, -0.2) is 29.1 Å². The van der Waals surface area contributed by atoms with Crippen LogP contribution in [0.25, 0.3) is 0 Å². The maximum Gasteiger partial charge on any atom is 0.329 e. The van der Waals surface area contributed by atoms with Gasteiger partial charge in [0.15, 0.2) is 0 Å². The Morgan fingerprint density at radius 2 is 2.22 bits per heavy atom. The first-order valence-electron chi connectivity index (χ1n) is 5.86. The number of ether oxygens (including phenoxy) is 1. The lowest BCUT2D eigenvalue weighted by Gasteiger charge is -2.10. The molecule has 1 aromatic rings. The Balaban J connectivity index is 1.77. The number of hydrogen-bond acceptors (Lipinski definition) is 4. The van der Waals surface area contributed by atoms with Crippen LogP contribution in [0, 0.1) is 0 Å². The fourth-order valence-electron chi connectivity index (χ4n) is 2.06. The van der Waals surface area contributed by atoms with E-state index >= 15 is 0 Å². The zero-order valence-electron chi connectivity index (χ0n) is 9.69. The molecular formula is C12H13NO4S. The first-order valence-corrected chi connectivity index (χ1v) is 6.68. The van der Waals surface area contributed by atoms with E-state index in [9.17, 15) is 9.59 Å². The lowest BCUT2D eigenvalue weighted by Crippen LogP contribution is -2.42. The van der Waals surface area contributed by atoms with Crippen LogP contribution < -0.4 is 5.32 Å². The summed E-state index contributed by atoms with van der Waals surface area (Å²) < 4.78 is 5.32. The molecule has 0 atom stereocenters. The smallest absolute Gasteiger partial charge is 0.329 e. The highest BCUT2D eigenvalue weighted by atomic mass is 32.1. The number of nitrogens with one attached hydrogen (secondary N) is 1. The van der Waals surface area contributed by atoms with E-state index in [1.165, 1.54) is 16.2 Å². The average Bonchev–Trinajstić information content (AvgIpc) is 3.00. The Kier molecular flexibility index (Phi) is 2.64. The Hall–Kier alpha value is -1.40. The minimum absolute atomic E-state index is 0.283. The van der Waals surface area contributed by atoms with Gasteiger partial charge >= 0.3 is 5.97 Å². The first-order chi connectivity index (χ1) is 8.61. The van der Waals surface area contributed by atoms with E-state index in [0.717, 1.165) is 12.0 Å². The molecule has 2 N–H and O–H groups in total. The molecule has 1 aromatic heterocycles. The quantitative estimate of drug-likeness (QED) is 0.862. The molecule has 0 radical (unpaired) electrons. The van der Waals surface area contributed by atoms with E-state index in [-0.39, 0.29) is 5.91 Å². The minimum Gasteiger partial charge on any atom is -0.480 e. The van der Waals surface area contributed by atoms with Crippen molar-refractivity contribution >= 4 is 23.2 Å². The van der Waals surface area contributed by atoms with E-state index in [2.05, 4.69) is 5.32 Å². The maximum atomic E-state index is 12.0. The van der Waals surface area contributed by atoms with Gasteiger partial charge < -0.3 is 15.2 Å². The van der Waals surface area contributed by atoms with Crippen LogP contribution >= 0.6 is 11.3 Å². The predicted octanol–water partition coefficient (Wildman–Crippen LogP) is 1.17. The molecule has 0 spiro atoms. The van der Waals surface area contributed by atoms with Gasteiger partial charge in [-0.1, -0.05) is 0 Å². The van der Waals surface area contributed by atoms with E-state index < -0.39 is 11.5 Å². The molecule has 1 aliphatic carbocycles. The molecule has 1 fully saturated rings. The third kappa shape index (κ3) is 1.91. The predicted molar refractivity (Wildman–Crippen MR) is 64.7 cm³/mol. The summed E-state index contributed by atoms with van der Waals surface area (Å²) in [5.74, 6) is -1.23. The van der Waals surface area contributed by atoms with Gasteiger partial charge in [0, 0.05) is 11.3 Å². The monoisotopic (exact) mass is 267 g/mol. The lowest BCUT2D eigenvalue weighted by atomic mass is 10.2. The number of amides is 1. The molecule has 2 heterocycles. The van der Waals surface area contributed by atoms with Crippen LogP contribution in [0.1, 0.15) is 33.0 Å². The summed E-state index contributed by atoms with van der Waals surface area (Å²) in [4.78, 5) is 24.8. The zero-order valence-corrected chi connectivity index (χ0v) is 10.5. The number of fused-ring (bicyclic) bond motifs is 1. The highest BCUT2D eigenvalue weighted by Crippen LogP contribution is 2.36. The van der Waals surface area contributed by atoms with Gasteiger partial charge in [-0.05, 0) is 24.5 Å². The molecule has 96 valence electrons. The fraction of sp³-hybridized carbons (Fsp3) is 0.500. The van der Waals surface area contributed by atoms with Crippen molar-refractivity contribution in [2.45, 2.75) is 31.4 Å². The van der Waals surface area contributed by atoms with E-state index in [4.69, 9.17) is 9.84 Å². The Morgan fingerprint density at radius 1 is 1.44 bits per heavy atom. The van der Waals surface area contributed by atoms with Gasteiger partial charge in [0.25, 0.3) is 5.91 Å². The number of carbonyl (C=O) groups excluding carboxylic acids is 1. The third-order valence-electron chi connectivity index (χ3n) is 3.36. The summed E-state index contributed by atoms with van der Waals surface area (Å²) in [6.45, 7) is 1.23. The Morgan fingerprint density at radius 3 is 2.83 bits per heavy atom. The maximum absolute atomic E-state index is 12.0. The van der Waals surface area contributed by atoms with E-state index in [0.29, 0.717) is 30.9 Å². The number of carboxylic acids is 1. The molecular weight excluding hydrogens is 254 g/mol. The second kappa shape index (κ2) is 4.07. The number of hydrogen-bond donors (Lipinski definition) is 2. The van der Waals surface area contributed by atoms with Crippen LogP contribution in [0.5, 0.6) is 0 Å². The van der Waals surface area contributed by atoms with Gasteiger partial charge in [-0.25, -0.2) is 4.79 Å². The summed E-state index contributed by atoms with van der Waals surface area (Å²) in [6.07, 6.45) is 1.86.